The van der Waals surface area contributed by atoms with Gasteiger partial charge in [-0.15, -0.1) is 13.2 Å². The molecule has 0 saturated heterocycles. The lowest BCUT2D eigenvalue weighted by molar-refractivity contribution is -0.385. The number of nitro groups is 1. The molecule has 156 valence electrons. The van der Waals surface area contributed by atoms with Crippen LogP contribution in [0.25, 0.3) is 11.1 Å². The van der Waals surface area contributed by atoms with E-state index in [1.165, 1.54) is 62.1 Å². The van der Waals surface area contributed by atoms with Gasteiger partial charge in [0, 0.05) is 6.07 Å². The minimum atomic E-state index is -4.77. The lowest BCUT2D eigenvalue weighted by Crippen LogP contribution is -2.16. The van der Waals surface area contributed by atoms with Crippen LogP contribution in [0, 0.1) is 16.0 Å². The van der Waals surface area contributed by atoms with E-state index in [9.17, 15) is 23.3 Å². The molecule has 0 heterocycles. The molecular weight excluding hydrogens is 387 g/mol. The van der Waals surface area contributed by atoms with Crippen LogP contribution in [0.5, 0.6) is 11.5 Å². The van der Waals surface area contributed by atoms with Gasteiger partial charge in [0.1, 0.15) is 5.75 Å². The van der Waals surface area contributed by atoms with Gasteiger partial charge >= 0.3 is 12.0 Å². The summed E-state index contributed by atoms with van der Waals surface area (Å²) in [5.41, 5.74) is 0.878. The molecular formula is C21H22F3NO4. The van der Waals surface area contributed by atoms with Crippen molar-refractivity contribution < 1.29 is 27.6 Å². The number of halogens is 3. The van der Waals surface area contributed by atoms with Gasteiger partial charge in [0.25, 0.3) is 0 Å². The Balaban J connectivity index is 1.66. The van der Waals surface area contributed by atoms with Gasteiger partial charge in [-0.3, -0.25) is 10.1 Å². The Labute approximate surface area is 166 Å². The Hall–Kier alpha value is -2.77. The minimum Gasteiger partial charge on any atom is -0.487 e. The molecule has 1 aliphatic rings. The molecule has 0 aliphatic heterocycles. The molecule has 1 fully saturated rings. The van der Waals surface area contributed by atoms with Crippen molar-refractivity contribution in [3.63, 3.8) is 0 Å². The molecule has 1 saturated carbocycles. The Morgan fingerprint density at radius 3 is 2.31 bits per heavy atom. The van der Waals surface area contributed by atoms with Crippen LogP contribution < -0.4 is 9.47 Å². The van der Waals surface area contributed by atoms with E-state index < -0.39 is 11.3 Å². The first-order chi connectivity index (χ1) is 13.8. The number of hydrogen-bond acceptors (Lipinski definition) is 4. The molecule has 1 aliphatic carbocycles. The summed E-state index contributed by atoms with van der Waals surface area (Å²) < 4.78 is 46.2. The summed E-state index contributed by atoms with van der Waals surface area (Å²) >= 11 is 0. The molecule has 0 spiro atoms. The number of nitrogens with zero attached hydrogens (tertiary/aromatic N) is 1. The maximum absolute atomic E-state index is 12.3. The molecule has 29 heavy (non-hydrogen) atoms. The van der Waals surface area contributed by atoms with Crippen molar-refractivity contribution in [2.45, 2.75) is 44.9 Å². The Morgan fingerprint density at radius 2 is 1.69 bits per heavy atom. The maximum Gasteiger partial charge on any atom is 0.573 e. The summed E-state index contributed by atoms with van der Waals surface area (Å²) in [7, 11) is 0. The molecule has 2 aromatic rings. The zero-order chi connectivity index (χ0) is 20.9. The van der Waals surface area contributed by atoms with Crippen LogP contribution in [0.1, 0.15) is 38.5 Å². The van der Waals surface area contributed by atoms with Crippen molar-refractivity contribution in [2.24, 2.45) is 5.92 Å². The third kappa shape index (κ3) is 6.10. The molecule has 0 atom stereocenters. The van der Waals surface area contributed by atoms with Crippen molar-refractivity contribution in [3.05, 3.63) is 52.6 Å². The van der Waals surface area contributed by atoms with Gasteiger partial charge in [-0.05, 0) is 48.1 Å². The summed E-state index contributed by atoms with van der Waals surface area (Å²) in [5.74, 6) is 0.584. The summed E-state index contributed by atoms with van der Waals surface area (Å²) in [6.45, 7) is 0.417. The van der Waals surface area contributed by atoms with Crippen molar-refractivity contribution in [1.82, 2.24) is 0 Å². The van der Waals surface area contributed by atoms with E-state index in [1.54, 1.807) is 6.07 Å². The van der Waals surface area contributed by atoms with E-state index in [1.807, 2.05) is 0 Å². The molecule has 0 radical (unpaired) electrons. The summed E-state index contributed by atoms with van der Waals surface area (Å²) in [4.78, 5) is 10.9. The second kappa shape index (κ2) is 9.15. The molecule has 5 nitrogen and oxygen atoms in total. The predicted octanol–water partition coefficient (Wildman–Crippen LogP) is 6.51. The minimum absolute atomic E-state index is 0.168. The third-order valence-electron chi connectivity index (χ3n) is 5.07. The quantitative estimate of drug-likeness (QED) is 0.283. The van der Waals surface area contributed by atoms with Gasteiger partial charge in [0.05, 0.1) is 11.5 Å². The molecule has 0 unspecified atom stereocenters. The first kappa shape index (κ1) is 21.0. The summed E-state index contributed by atoms with van der Waals surface area (Å²) in [5, 5.41) is 11.4. The van der Waals surface area contributed by atoms with E-state index in [4.69, 9.17) is 4.74 Å². The second-order valence-electron chi connectivity index (χ2n) is 7.15. The topological polar surface area (TPSA) is 61.6 Å². The molecule has 8 heteroatoms. The van der Waals surface area contributed by atoms with E-state index in [0.29, 0.717) is 17.7 Å². The van der Waals surface area contributed by atoms with Gasteiger partial charge in [-0.25, -0.2) is 0 Å². The van der Waals surface area contributed by atoms with Gasteiger partial charge in [0.15, 0.2) is 5.75 Å². The smallest absolute Gasteiger partial charge is 0.487 e. The van der Waals surface area contributed by atoms with Crippen LogP contribution in [-0.2, 0) is 0 Å². The fourth-order valence-corrected chi connectivity index (χ4v) is 3.66. The van der Waals surface area contributed by atoms with E-state index in [2.05, 4.69) is 4.74 Å². The van der Waals surface area contributed by atoms with Crippen LogP contribution in [0.3, 0.4) is 0 Å². The second-order valence-corrected chi connectivity index (χ2v) is 7.15. The van der Waals surface area contributed by atoms with Crippen LogP contribution in [-0.4, -0.2) is 17.9 Å². The van der Waals surface area contributed by atoms with Gasteiger partial charge in [-0.2, -0.15) is 0 Å². The van der Waals surface area contributed by atoms with E-state index >= 15 is 0 Å². The highest BCUT2D eigenvalue weighted by atomic mass is 19.4. The third-order valence-corrected chi connectivity index (χ3v) is 5.07. The van der Waals surface area contributed by atoms with Gasteiger partial charge < -0.3 is 9.47 Å². The normalized spacial score (nSPS) is 14.7. The average Bonchev–Trinajstić information content (AvgIpc) is 3.18. The Morgan fingerprint density at radius 1 is 1.03 bits per heavy atom. The highest BCUT2D eigenvalue weighted by Gasteiger charge is 2.31. The summed E-state index contributed by atoms with van der Waals surface area (Å²) in [6.07, 6.45) is 2.21. The zero-order valence-corrected chi connectivity index (χ0v) is 15.8. The van der Waals surface area contributed by atoms with Crippen molar-refractivity contribution in [3.8, 4) is 22.6 Å². The summed E-state index contributed by atoms with van der Waals surface area (Å²) in [6, 6.07) is 9.72. The molecule has 0 amide bonds. The first-order valence-corrected chi connectivity index (χ1v) is 9.59. The Kier molecular flexibility index (Phi) is 6.61. The molecule has 0 aromatic heterocycles. The number of rotatable bonds is 8. The monoisotopic (exact) mass is 409 g/mol. The first-order valence-electron chi connectivity index (χ1n) is 9.59. The predicted molar refractivity (Wildman–Crippen MR) is 102 cm³/mol. The van der Waals surface area contributed by atoms with Gasteiger partial charge in [0.2, 0.25) is 0 Å². The highest BCUT2D eigenvalue weighted by molar-refractivity contribution is 5.69. The molecule has 3 rings (SSSR count). The molecule has 0 bridgehead atoms. The molecule has 0 N–H and O–H groups in total. The van der Waals surface area contributed by atoms with Crippen LogP contribution in [0.2, 0.25) is 0 Å². The van der Waals surface area contributed by atoms with Crippen molar-refractivity contribution in [2.75, 3.05) is 6.61 Å². The largest absolute Gasteiger partial charge is 0.573 e. The maximum atomic E-state index is 12.3. The number of ether oxygens (including phenoxy) is 2. The van der Waals surface area contributed by atoms with Crippen molar-refractivity contribution in [1.29, 1.82) is 0 Å². The lowest BCUT2D eigenvalue weighted by Gasteiger charge is -2.11. The van der Waals surface area contributed by atoms with Crippen LogP contribution in [0.15, 0.2) is 42.5 Å². The number of alkyl halides is 3. The average molecular weight is 409 g/mol. The van der Waals surface area contributed by atoms with Gasteiger partial charge in [-0.1, -0.05) is 43.9 Å². The van der Waals surface area contributed by atoms with Crippen molar-refractivity contribution >= 4 is 5.69 Å². The van der Waals surface area contributed by atoms with Crippen LogP contribution in [0.4, 0.5) is 18.9 Å². The number of hydrogen-bond donors (Lipinski definition) is 0. The molecule has 2 aromatic carbocycles. The Bertz CT molecular complexity index is 831. The fraction of sp³-hybridized carbons (Fsp3) is 0.429. The van der Waals surface area contributed by atoms with Crippen LogP contribution >= 0.6 is 0 Å². The number of benzene rings is 2. The lowest BCUT2D eigenvalue weighted by atomic mass is 10.0. The standard InChI is InChI=1S/C21H22F3NO4/c22-21(23,24)29-18-10-7-16(8-11-18)17-9-12-20(19(14-17)25(26)27)28-13-3-6-15-4-1-2-5-15/h7-12,14-15H,1-6,13H2. The van der Waals surface area contributed by atoms with E-state index in [0.717, 1.165) is 18.8 Å². The highest BCUT2D eigenvalue weighted by Crippen LogP contribution is 2.34. The van der Waals surface area contributed by atoms with E-state index in [-0.39, 0.29) is 17.2 Å². The fourth-order valence-electron chi connectivity index (χ4n) is 3.66. The SMILES string of the molecule is O=[N+]([O-])c1cc(-c2ccc(OC(F)(F)F)cc2)ccc1OCCCC1CCCC1. The number of nitro benzene ring substituents is 1. The zero-order valence-electron chi connectivity index (χ0n) is 15.8.